The van der Waals surface area contributed by atoms with Crippen LogP contribution in [0.2, 0.25) is 0 Å². The van der Waals surface area contributed by atoms with Crippen molar-refractivity contribution in [3.05, 3.63) is 101 Å². The van der Waals surface area contributed by atoms with Crippen LogP contribution in [0.25, 0.3) is 0 Å². The number of hydrogen-bond acceptors (Lipinski definition) is 3. The van der Waals surface area contributed by atoms with Gasteiger partial charge in [0.05, 0.1) is 6.42 Å². The minimum atomic E-state index is -0.801. The molecule has 3 aromatic carbocycles. The lowest BCUT2D eigenvalue weighted by Crippen LogP contribution is -2.35. The Hall–Kier alpha value is -3.11. The molecule has 2 aliphatic heterocycles. The number of rotatable bonds is 7. The lowest BCUT2D eigenvalue weighted by atomic mass is 9.84. The molecule has 1 saturated heterocycles. The molecular weight excluding hydrogens is 422 g/mol. The van der Waals surface area contributed by atoms with E-state index >= 15 is 0 Å². The van der Waals surface area contributed by atoms with Crippen LogP contribution < -0.4 is 4.74 Å². The van der Waals surface area contributed by atoms with Crippen molar-refractivity contribution in [3.63, 3.8) is 0 Å². The summed E-state index contributed by atoms with van der Waals surface area (Å²) in [5.41, 5.74) is 5.95. The van der Waals surface area contributed by atoms with Crippen LogP contribution in [-0.4, -0.2) is 35.6 Å². The SMILES string of the molecule is O=C(O)Cc1ccc2c(c1)C(CCN1CCC(Cc3ccccc3)CC1)c1ccccc1CO2. The number of aliphatic carboxylic acids is 1. The van der Waals surface area contributed by atoms with Gasteiger partial charge in [0, 0.05) is 11.5 Å². The van der Waals surface area contributed by atoms with E-state index in [0.29, 0.717) is 6.61 Å². The number of carboxylic acid groups (broad SMARTS) is 1. The van der Waals surface area contributed by atoms with E-state index < -0.39 is 5.97 Å². The topological polar surface area (TPSA) is 49.8 Å². The number of benzene rings is 3. The van der Waals surface area contributed by atoms with Crippen molar-refractivity contribution in [2.75, 3.05) is 19.6 Å². The van der Waals surface area contributed by atoms with Crippen molar-refractivity contribution in [1.82, 2.24) is 4.90 Å². The number of hydrogen-bond donors (Lipinski definition) is 1. The highest BCUT2D eigenvalue weighted by Crippen LogP contribution is 2.40. The van der Waals surface area contributed by atoms with Crippen LogP contribution in [0.5, 0.6) is 5.75 Å². The molecule has 0 aliphatic carbocycles. The van der Waals surface area contributed by atoms with E-state index in [1.807, 2.05) is 12.1 Å². The average molecular weight is 456 g/mol. The molecule has 5 rings (SSSR count). The predicted molar refractivity (Wildman–Crippen MR) is 134 cm³/mol. The second-order valence-corrected chi connectivity index (χ2v) is 9.75. The number of likely N-dealkylation sites (tertiary alicyclic amines) is 1. The van der Waals surface area contributed by atoms with Gasteiger partial charge in [0.1, 0.15) is 12.4 Å². The molecule has 0 bridgehead atoms. The van der Waals surface area contributed by atoms with Crippen LogP contribution in [0.4, 0.5) is 0 Å². The van der Waals surface area contributed by atoms with E-state index in [0.717, 1.165) is 48.8 Å². The zero-order valence-electron chi connectivity index (χ0n) is 19.7. The number of ether oxygens (including phenoxy) is 1. The van der Waals surface area contributed by atoms with Gasteiger partial charge in [-0.1, -0.05) is 66.7 Å². The zero-order chi connectivity index (χ0) is 23.3. The number of nitrogens with zero attached hydrogens (tertiary/aromatic N) is 1. The van der Waals surface area contributed by atoms with Gasteiger partial charge in [0.15, 0.2) is 0 Å². The minimum absolute atomic E-state index is 0.0383. The van der Waals surface area contributed by atoms with E-state index in [-0.39, 0.29) is 12.3 Å². The number of carboxylic acids is 1. The molecule has 0 amide bonds. The quantitative estimate of drug-likeness (QED) is 0.498. The van der Waals surface area contributed by atoms with Gasteiger partial charge < -0.3 is 14.7 Å². The Labute approximate surface area is 202 Å². The van der Waals surface area contributed by atoms with Crippen LogP contribution in [0, 0.1) is 5.92 Å². The first kappa shape index (κ1) is 22.7. The van der Waals surface area contributed by atoms with Gasteiger partial charge in [-0.05, 0) is 79.6 Å². The van der Waals surface area contributed by atoms with Gasteiger partial charge in [-0.2, -0.15) is 0 Å². The summed E-state index contributed by atoms with van der Waals surface area (Å²) in [4.78, 5) is 13.9. The average Bonchev–Trinajstić information content (AvgIpc) is 3.00. The van der Waals surface area contributed by atoms with E-state index in [9.17, 15) is 9.90 Å². The predicted octanol–water partition coefficient (Wildman–Crippen LogP) is 5.68. The maximum absolute atomic E-state index is 11.3. The molecule has 34 heavy (non-hydrogen) atoms. The summed E-state index contributed by atoms with van der Waals surface area (Å²) >= 11 is 0. The molecule has 176 valence electrons. The lowest BCUT2D eigenvalue weighted by molar-refractivity contribution is -0.136. The molecule has 1 N–H and O–H groups in total. The van der Waals surface area contributed by atoms with Crippen molar-refractivity contribution in [2.45, 2.75) is 44.6 Å². The maximum Gasteiger partial charge on any atom is 0.307 e. The van der Waals surface area contributed by atoms with Gasteiger partial charge >= 0.3 is 5.97 Å². The summed E-state index contributed by atoms with van der Waals surface area (Å²) < 4.78 is 6.17. The third-order valence-corrected chi connectivity index (χ3v) is 7.43. The molecule has 0 radical (unpaired) electrons. The van der Waals surface area contributed by atoms with E-state index in [4.69, 9.17) is 4.74 Å². The Morgan fingerprint density at radius 3 is 2.47 bits per heavy atom. The molecule has 2 aliphatic rings. The molecule has 2 heterocycles. The number of fused-ring (bicyclic) bond motifs is 2. The Bertz CT molecular complexity index is 1120. The second-order valence-electron chi connectivity index (χ2n) is 9.75. The highest BCUT2D eigenvalue weighted by atomic mass is 16.5. The molecule has 1 fully saturated rings. The third kappa shape index (κ3) is 5.34. The number of piperidine rings is 1. The largest absolute Gasteiger partial charge is 0.489 e. The summed E-state index contributed by atoms with van der Waals surface area (Å²) in [6.45, 7) is 3.89. The highest BCUT2D eigenvalue weighted by molar-refractivity contribution is 5.70. The fourth-order valence-corrected chi connectivity index (χ4v) is 5.60. The smallest absolute Gasteiger partial charge is 0.307 e. The monoisotopic (exact) mass is 455 g/mol. The molecule has 4 nitrogen and oxygen atoms in total. The summed E-state index contributed by atoms with van der Waals surface area (Å²) in [5.74, 6) is 1.07. The van der Waals surface area contributed by atoms with Crippen molar-refractivity contribution < 1.29 is 14.6 Å². The summed E-state index contributed by atoms with van der Waals surface area (Å²) in [6, 6.07) is 25.3. The summed E-state index contributed by atoms with van der Waals surface area (Å²) in [5, 5.41) is 9.30. The van der Waals surface area contributed by atoms with E-state index in [2.05, 4.69) is 65.6 Å². The lowest BCUT2D eigenvalue weighted by Gasteiger charge is -2.33. The Morgan fingerprint density at radius 1 is 0.912 bits per heavy atom. The van der Waals surface area contributed by atoms with Crippen LogP contribution >= 0.6 is 0 Å². The zero-order valence-corrected chi connectivity index (χ0v) is 19.7. The van der Waals surface area contributed by atoms with E-state index in [1.54, 1.807) is 0 Å². The Morgan fingerprint density at radius 2 is 1.68 bits per heavy atom. The first-order valence-electron chi connectivity index (χ1n) is 12.5. The first-order chi connectivity index (χ1) is 16.7. The summed E-state index contributed by atoms with van der Waals surface area (Å²) in [6.07, 6.45) is 4.72. The maximum atomic E-state index is 11.3. The minimum Gasteiger partial charge on any atom is -0.489 e. The molecule has 3 aromatic rings. The third-order valence-electron chi connectivity index (χ3n) is 7.43. The summed E-state index contributed by atoms with van der Waals surface area (Å²) in [7, 11) is 0. The van der Waals surface area contributed by atoms with Crippen molar-refractivity contribution >= 4 is 5.97 Å². The molecule has 0 aromatic heterocycles. The highest BCUT2D eigenvalue weighted by Gasteiger charge is 2.27. The fourth-order valence-electron chi connectivity index (χ4n) is 5.60. The standard InChI is InChI=1S/C30H33NO3/c32-30(33)20-24-10-11-29-28(19-24)27(26-9-5-4-8-25(26)21-34-29)14-17-31-15-12-23(13-16-31)18-22-6-2-1-3-7-22/h1-11,19,23,27H,12-18,20-21H2,(H,32,33). The Kier molecular flexibility index (Phi) is 6.96. The molecule has 4 heteroatoms. The van der Waals surface area contributed by atoms with Crippen LogP contribution in [0.1, 0.15) is 53.0 Å². The number of carbonyl (C=O) groups is 1. The van der Waals surface area contributed by atoms with Gasteiger partial charge in [0.2, 0.25) is 0 Å². The molecule has 1 atom stereocenters. The molecular formula is C30H33NO3. The second kappa shape index (κ2) is 10.4. The van der Waals surface area contributed by atoms with Gasteiger partial charge in [-0.15, -0.1) is 0 Å². The van der Waals surface area contributed by atoms with Crippen molar-refractivity contribution in [3.8, 4) is 5.75 Å². The molecule has 1 unspecified atom stereocenters. The van der Waals surface area contributed by atoms with Gasteiger partial charge in [-0.3, -0.25) is 4.79 Å². The molecule has 0 saturated carbocycles. The van der Waals surface area contributed by atoms with Gasteiger partial charge in [0.25, 0.3) is 0 Å². The Balaban J connectivity index is 1.29. The molecule has 0 spiro atoms. The van der Waals surface area contributed by atoms with Crippen LogP contribution in [0.15, 0.2) is 72.8 Å². The first-order valence-corrected chi connectivity index (χ1v) is 12.5. The fraction of sp³-hybridized carbons (Fsp3) is 0.367. The van der Waals surface area contributed by atoms with Gasteiger partial charge in [-0.25, -0.2) is 0 Å². The van der Waals surface area contributed by atoms with E-state index in [1.165, 1.54) is 36.0 Å². The normalized spacial score (nSPS) is 18.4. The van der Waals surface area contributed by atoms with Crippen LogP contribution in [0.3, 0.4) is 0 Å². The van der Waals surface area contributed by atoms with Crippen molar-refractivity contribution in [1.29, 1.82) is 0 Å². The van der Waals surface area contributed by atoms with Crippen molar-refractivity contribution in [2.24, 2.45) is 5.92 Å². The van der Waals surface area contributed by atoms with Crippen LogP contribution in [-0.2, 0) is 24.2 Å².